The van der Waals surface area contributed by atoms with Gasteiger partial charge < -0.3 is 19.9 Å². The van der Waals surface area contributed by atoms with Gasteiger partial charge >= 0.3 is 11.8 Å². The summed E-state index contributed by atoms with van der Waals surface area (Å²) in [6.07, 6.45) is -0.0193. The zero-order valence-electron chi connectivity index (χ0n) is 12.7. The molecule has 1 aliphatic heterocycles. The average molecular weight is 325 g/mol. The van der Waals surface area contributed by atoms with Gasteiger partial charge in [0.1, 0.15) is 18.9 Å². The van der Waals surface area contributed by atoms with Crippen molar-refractivity contribution in [3.8, 4) is 0 Å². The van der Waals surface area contributed by atoms with Crippen LogP contribution in [0.3, 0.4) is 0 Å². The van der Waals surface area contributed by atoms with Gasteiger partial charge in [-0.1, -0.05) is 6.08 Å². The van der Waals surface area contributed by atoms with E-state index in [9.17, 15) is 19.5 Å². The van der Waals surface area contributed by atoms with Crippen LogP contribution in [0.2, 0.25) is 0 Å². The molecule has 0 saturated carbocycles. The third kappa shape index (κ3) is 4.08. The van der Waals surface area contributed by atoms with Gasteiger partial charge in [0.25, 0.3) is 5.56 Å². The Morgan fingerprint density at radius 2 is 2.39 bits per heavy atom. The molecule has 0 bridgehead atoms. The summed E-state index contributed by atoms with van der Waals surface area (Å²) >= 11 is 0. The number of aliphatic hydroxyl groups is 1. The highest BCUT2D eigenvalue weighted by atomic mass is 16.6. The Bertz CT molecular complexity index is 694. The summed E-state index contributed by atoms with van der Waals surface area (Å²) in [7, 11) is 0. The number of aromatic nitrogens is 2. The van der Waals surface area contributed by atoms with Gasteiger partial charge in [-0.05, 0) is 6.92 Å². The smallest absolute Gasteiger partial charge is 0.407 e. The second-order valence-electron chi connectivity index (χ2n) is 5.18. The van der Waals surface area contributed by atoms with E-state index in [1.165, 1.54) is 16.8 Å². The molecule has 1 aromatic heterocycles. The minimum Gasteiger partial charge on any atom is -0.447 e. The fourth-order valence-corrected chi connectivity index (χ4v) is 2.20. The van der Waals surface area contributed by atoms with Gasteiger partial charge in [-0.15, -0.1) is 6.58 Å². The molecule has 0 spiro atoms. The van der Waals surface area contributed by atoms with Crippen molar-refractivity contribution in [1.29, 1.82) is 0 Å². The number of carbonyl (C=O) groups is 1. The van der Waals surface area contributed by atoms with Gasteiger partial charge in [0.05, 0.1) is 6.10 Å². The second-order valence-corrected chi connectivity index (χ2v) is 5.18. The molecule has 9 heteroatoms. The molecule has 3 atom stereocenters. The first kappa shape index (κ1) is 17.0. The molecule has 1 saturated heterocycles. The topological polar surface area (TPSA) is 123 Å². The Hall–Kier alpha value is -2.39. The van der Waals surface area contributed by atoms with Gasteiger partial charge in [0, 0.05) is 24.7 Å². The first-order valence-electron chi connectivity index (χ1n) is 7.09. The Kier molecular flexibility index (Phi) is 5.35. The van der Waals surface area contributed by atoms with Crippen molar-refractivity contribution in [1.82, 2.24) is 14.9 Å². The molecule has 1 amide bonds. The lowest BCUT2D eigenvalue weighted by Gasteiger charge is -2.16. The maximum Gasteiger partial charge on any atom is 0.407 e. The average Bonchev–Trinajstić information content (AvgIpc) is 2.87. The number of amides is 1. The van der Waals surface area contributed by atoms with Gasteiger partial charge in [-0.3, -0.25) is 14.3 Å². The van der Waals surface area contributed by atoms with Crippen molar-refractivity contribution < 1.29 is 19.4 Å². The van der Waals surface area contributed by atoms with Crippen molar-refractivity contribution in [3.05, 3.63) is 45.3 Å². The SMILES string of the molecule is C=CCNC(=O)OC[C@H]1O[C@@H](n2cc(C)c(=O)[nH]c2=O)C[C@@H]1O. The summed E-state index contributed by atoms with van der Waals surface area (Å²) in [5.41, 5.74) is -0.738. The number of nitrogens with one attached hydrogen (secondary N) is 2. The highest BCUT2D eigenvalue weighted by Gasteiger charge is 2.36. The Morgan fingerprint density at radius 3 is 3.09 bits per heavy atom. The molecule has 1 fully saturated rings. The lowest BCUT2D eigenvalue weighted by Crippen LogP contribution is -2.34. The quantitative estimate of drug-likeness (QED) is 0.622. The molecule has 1 aliphatic rings. The van der Waals surface area contributed by atoms with Crippen molar-refractivity contribution in [2.75, 3.05) is 13.2 Å². The molecule has 2 heterocycles. The molecular formula is C14H19N3O6. The fraction of sp³-hybridized carbons (Fsp3) is 0.500. The molecule has 23 heavy (non-hydrogen) atoms. The minimum atomic E-state index is -0.897. The standard InChI is InChI=1S/C14H19N3O6/c1-3-4-15-14(21)22-7-10-9(18)5-11(23-10)17-6-8(2)12(19)16-13(17)20/h3,6,9-11,18H,1,4-5,7H2,2H3,(H,15,21)(H,16,19,20)/t9-,10+,11+/m0/s1. The highest BCUT2D eigenvalue weighted by Crippen LogP contribution is 2.27. The van der Waals surface area contributed by atoms with E-state index in [2.05, 4.69) is 16.9 Å². The van der Waals surface area contributed by atoms with Crippen molar-refractivity contribution >= 4 is 6.09 Å². The predicted octanol–water partition coefficient (Wildman–Crippen LogP) is -0.594. The number of aryl methyl sites for hydroxylation is 1. The van der Waals surface area contributed by atoms with Crippen LogP contribution in [0.15, 0.2) is 28.4 Å². The summed E-state index contributed by atoms with van der Waals surface area (Å²) in [6, 6.07) is 0. The van der Waals surface area contributed by atoms with E-state index in [0.717, 1.165) is 0 Å². The van der Waals surface area contributed by atoms with E-state index in [1.807, 2.05) is 0 Å². The summed E-state index contributed by atoms with van der Waals surface area (Å²) in [5, 5.41) is 12.4. The van der Waals surface area contributed by atoms with E-state index in [-0.39, 0.29) is 19.6 Å². The number of alkyl carbamates (subject to hydrolysis) is 1. The van der Waals surface area contributed by atoms with Crippen LogP contribution in [0, 0.1) is 6.92 Å². The summed E-state index contributed by atoms with van der Waals surface area (Å²) < 4.78 is 11.7. The predicted molar refractivity (Wildman–Crippen MR) is 80.1 cm³/mol. The Morgan fingerprint density at radius 1 is 1.65 bits per heavy atom. The highest BCUT2D eigenvalue weighted by molar-refractivity contribution is 5.67. The lowest BCUT2D eigenvalue weighted by atomic mass is 10.2. The van der Waals surface area contributed by atoms with Crippen LogP contribution >= 0.6 is 0 Å². The minimum absolute atomic E-state index is 0.147. The molecule has 0 aromatic carbocycles. The maximum atomic E-state index is 11.8. The fourth-order valence-electron chi connectivity index (χ4n) is 2.20. The van der Waals surface area contributed by atoms with Gasteiger partial charge in [0.15, 0.2) is 0 Å². The molecule has 0 radical (unpaired) electrons. The Labute approximate surface area is 131 Å². The number of nitrogens with zero attached hydrogens (tertiary/aromatic N) is 1. The maximum absolute atomic E-state index is 11.8. The van der Waals surface area contributed by atoms with Crippen LogP contribution < -0.4 is 16.6 Å². The Balaban J connectivity index is 2.00. The number of aromatic amines is 1. The van der Waals surface area contributed by atoms with Gasteiger partial charge in [-0.2, -0.15) is 0 Å². The van der Waals surface area contributed by atoms with Crippen LogP contribution in [0.5, 0.6) is 0 Å². The molecule has 3 N–H and O–H groups in total. The monoisotopic (exact) mass is 325 g/mol. The van der Waals surface area contributed by atoms with Crippen LogP contribution in [-0.4, -0.2) is 46.1 Å². The van der Waals surface area contributed by atoms with E-state index < -0.39 is 35.8 Å². The van der Waals surface area contributed by atoms with Crippen LogP contribution in [0.4, 0.5) is 4.79 Å². The van der Waals surface area contributed by atoms with E-state index in [1.54, 1.807) is 6.92 Å². The van der Waals surface area contributed by atoms with Crippen LogP contribution in [0.25, 0.3) is 0 Å². The number of aliphatic hydroxyl groups excluding tert-OH is 1. The first-order valence-corrected chi connectivity index (χ1v) is 7.09. The third-order valence-electron chi connectivity index (χ3n) is 3.43. The van der Waals surface area contributed by atoms with Crippen LogP contribution in [0.1, 0.15) is 18.2 Å². The van der Waals surface area contributed by atoms with E-state index >= 15 is 0 Å². The zero-order valence-corrected chi connectivity index (χ0v) is 12.7. The normalized spacial score (nSPS) is 23.5. The largest absolute Gasteiger partial charge is 0.447 e. The number of carbonyl (C=O) groups excluding carboxylic acids is 1. The second kappa shape index (κ2) is 7.25. The summed E-state index contributed by atoms with van der Waals surface area (Å²) in [5.74, 6) is 0. The molecule has 2 rings (SSSR count). The number of hydrogen-bond donors (Lipinski definition) is 3. The number of hydrogen-bond acceptors (Lipinski definition) is 6. The van der Waals surface area contributed by atoms with Crippen LogP contribution in [-0.2, 0) is 9.47 Å². The number of ether oxygens (including phenoxy) is 2. The summed E-state index contributed by atoms with van der Waals surface area (Å²) in [6.45, 7) is 5.13. The van der Waals surface area contributed by atoms with E-state index in [0.29, 0.717) is 5.56 Å². The van der Waals surface area contributed by atoms with Gasteiger partial charge in [-0.25, -0.2) is 9.59 Å². The molecule has 0 aliphatic carbocycles. The van der Waals surface area contributed by atoms with E-state index in [4.69, 9.17) is 9.47 Å². The first-order chi connectivity index (χ1) is 10.9. The summed E-state index contributed by atoms with van der Waals surface area (Å²) in [4.78, 5) is 36.7. The van der Waals surface area contributed by atoms with Crippen molar-refractivity contribution in [2.45, 2.75) is 31.8 Å². The third-order valence-corrected chi connectivity index (χ3v) is 3.43. The van der Waals surface area contributed by atoms with Crippen molar-refractivity contribution in [3.63, 3.8) is 0 Å². The number of H-pyrrole nitrogens is 1. The lowest BCUT2D eigenvalue weighted by molar-refractivity contribution is -0.0489. The van der Waals surface area contributed by atoms with Crippen molar-refractivity contribution in [2.24, 2.45) is 0 Å². The molecule has 0 unspecified atom stereocenters. The van der Waals surface area contributed by atoms with Gasteiger partial charge in [0.2, 0.25) is 0 Å². The molecule has 126 valence electrons. The number of rotatable bonds is 5. The molecule has 9 nitrogen and oxygen atoms in total. The zero-order chi connectivity index (χ0) is 17.0. The molecular weight excluding hydrogens is 306 g/mol. The molecule has 1 aromatic rings.